The van der Waals surface area contributed by atoms with Gasteiger partial charge in [0.15, 0.2) is 5.96 Å². The Morgan fingerprint density at radius 3 is 3.00 bits per heavy atom. The van der Waals surface area contributed by atoms with Crippen LogP contribution in [0.2, 0.25) is 0 Å². The Labute approximate surface area is 161 Å². The summed E-state index contributed by atoms with van der Waals surface area (Å²) in [4.78, 5) is 8.29. The quantitative estimate of drug-likeness (QED) is 0.586. The Balaban J connectivity index is 1.57. The maximum atomic E-state index is 5.86. The molecule has 6 nitrogen and oxygen atoms in total. The summed E-state index contributed by atoms with van der Waals surface area (Å²) in [5, 5.41) is 9.11. The average Bonchev–Trinajstić information content (AvgIpc) is 3.30. The van der Waals surface area contributed by atoms with Gasteiger partial charge in [-0.1, -0.05) is 6.07 Å². The number of thiophene rings is 1. The van der Waals surface area contributed by atoms with Gasteiger partial charge in [-0.2, -0.15) is 0 Å². The molecule has 3 rings (SSSR count). The second-order valence-electron chi connectivity index (χ2n) is 7.42. The normalized spacial score (nSPS) is 28.9. The van der Waals surface area contributed by atoms with Crippen molar-refractivity contribution in [2.75, 3.05) is 46.4 Å². The zero-order valence-electron chi connectivity index (χ0n) is 16.2. The Morgan fingerprint density at radius 2 is 2.35 bits per heavy atom. The van der Waals surface area contributed by atoms with E-state index in [1.807, 2.05) is 18.4 Å². The molecule has 0 radical (unpaired) electrons. The zero-order valence-corrected chi connectivity index (χ0v) is 17.0. The predicted molar refractivity (Wildman–Crippen MR) is 107 cm³/mol. The van der Waals surface area contributed by atoms with Crippen molar-refractivity contribution >= 4 is 17.3 Å². The van der Waals surface area contributed by atoms with Crippen molar-refractivity contribution in [1.29, 1.82) is 0 Å². The van der Waals surface area contributed by atoms with Crippen LogP contribution in [0.3, 0.4) is 0 Å². The highest BCUT2D eigenvalue weighted by Crippen LogP contribution is 2.26. The third kappa shape index (κ3) is 5.19. The first-order valence-corrected chi connectivity index (χ1v) is 10.5. The second kappa shape index (κ2) is 9.17. The number of hydrogen-bond acceptors (Lipinski definition) is 5. The minimum atomic E-state index is -0.0790. The lowest BCUT2D eigenvalue weighted by atomic mass is 10.0. The van der Waals surface area contributed by atoms with E-state index in [0.29, 0.717) is 6.04 Å². The minimum Gasteiger partial charge on any atom is -0.376 e. The van der Waals surface area contributed by atoms with Crippen molar-refractivity contribution in [2.24, 2.45) is 4.99 Å². The van der Waals surface area contributed by atoms with Crippen LogP contribution in [0.4, 0.5) is 0 Å². The molecule has 3 atom stereocenters. The van der Waals surface area contributed by atoms with Crippen LogP contribution in [-0.2, 0) is 9.47 Å². The summed E-state index contributed by atoms with van der Waals surface area (Å²) < 4.78 is 11.6. The molecule has 0 aromatic carbocycles. The van der Waals surface area contributed by atoms with Crippen molar-refractivity contribution in [3.05, 3.63) is 22.4 Å². The summed E-state index contributed by atoms with van der Waals surface area (Å²) in [6.07, 6.45) is 2.52. The van der Waals surface area contributed by atoms with E-state index in [4.69, 9.17) is 9.47 Å². The van der Waals surface area contributed by atoms with Gasteiger partial charge in [0.2, 0.25) is 0 Å². The highest BCUT2D eigenvalue weighted by Gasteiger charge is 2.30. The van der Waals surface area contributed by atoms with E-state index in [9.17, 15) is 0 Å². The second-order valence-corrected chi connectivity index (χ2v) is 8.40. The van der Waals surface area contributed by atoms with Gasteiger partial charge in [0.1, 0.15) is 0 Å². The predicted octanol–water partition coefficient (Wildman–Crippen LogP) is 2.24. The van der Waals surface area contributed by atoms with E-state index in [1.165, 1.54) is 4.88 Å². The Hall–Kier alpha value is -1.15. The average molecular weight is 381 g/mol. The van der Waals surface area contributed by atoms with Gasteiger partial charge in [-0.3, -0.25) is 9.89 Å². The lowest BCUT2D eigenvalue weighted by Gasteiger charge is -2.37. The highest BCUT2D eigenvalue weighted by atomic mass is 32.1. The first-order chi connectivity index (χ1) is 12.6. The van der Waals surface area contributed by atoms with Gasteiger partial charge in [0.25, 0.3) is 0 Å². The number of guanidine groups is 1. The molecular weight excluding hydrogens is 348 g/mol. The smallest absolute Gasteiger partial charge is 0.191 e. The third-order valence-corrected chi connectivity index (χ3v) is 6.18. The minimum absolute atomic E-state index is 0.0790. The van der Waals surface area contributed by atoms with Crippen molar-refractivity contribution in [3.63, 3.8) is 0 Å². The van der Waals surface area contributed by atoms with Crippen LogP contribution in [-0.4, -0.2) is 69.0 Å². The summed E-state index contributed by atoms with van der Waals surface area (Å²) in [5.74, 6) is 0.838. The molecule has 1 aromatic heterocycles. The molecule has 3 heterocycles. The molecule has 2 N–H and O–H groups in total. The van der Waals surface area contributed by atoms with Crippen molar-refractivity contribution < 1.29 is 9.47 Å². The van der Waals surface area contributed by atoms with Gasteiger partial charge in [0.05, 0.1) is 24.4 Å². The van der Waals surface area contributed by atoms with E-state index >= 15 is 0 Å². The SMILES string of the molecule is CN=C(NCC(c1cccs1)N1CCOC(C)C1)NCC1(C)CCCO1. The monoisotopic (exact) mass is 380 g/mol. The molecule has 2 fully saturated rings. The fourth-order valence-corrected chi connectivity index (χ4v) is 4.54. The van der Waals surface area contributed by atoms with E-state index in [2.05, 4.69) is 51.9 Å². The first-order valence-electron chi connectivity index (χ1n) is 9.57. The molecule has 2 aliphatic heterocycles. The lowest BCUT2D eigenvalue weighted by Crippen LogP contribution is -2.49. The molecule has 0 saturated carbocycles. The van der Waals surface area contributed by atoms with Crippen LogP contribution >= 0.6 is 11.3 Å². The number of hydrogen-bond donors (Lipinski definition) is 2. The summed E-state index contributed by atoms with van der Waals surface area (Å²) in [6, 6.07) is 4.68. The summed E-state index contributed by atoms with van der Waals surface area (Å²) in [7, 11) is 1.82. The fraction of sp³-hybridized carbons (Fsp3) is 0.737. The fourth-order valence-electron chi connectivity index (χ4n) is 3.68. The van der Waals surface area contributed by atoms with Gasteiger partial charge in [-0.25, -0.2) is 0 Å². The van der Waals surface area contributed by atoms with E-state index in [0.717, 1.165) is 58.2 Å². The third-order valence-electron chi connectivity index (χ3n) is 5.20. The van der Waals surface area contributed by atoms with Gasteiger partial charge in [0, 0.05) is 44.7 Å². The molecule has 1 aromatic rings. The number of morpholine rings is 1. The molecule has 0 amide bonds. The standard InChI is InChI=1S/C19H32N4O2S/c1-15-13-23(8-10-24-15)16(17-6-4-11-26-17)12-21-18(20-3)22-14-19(2)7-5-9-25-19/h4,6,11,15-16H,5,7-10,12-14H2,1-3H3,(H2,20,21,22). The van der Waals surface area contributed by atoms with Gasteiger partial charge in [-0.15, -0.1) is 11.3 Å². The number of aliphatic imine (C=N–C) groups is 1. The summed E-state index contributed by atoms with van der Waals surface area (Å²) in [5.41, 5.74) is -0.0790. The Bertz CT molecular complexity index is 572. The molecule has 0 bridgehead atoms. The molecular formula is C19H32N4O2S. The maximum absolute atomic E-state index is 5.86. The van der Waals surface area contributed by atoms with Gasteiger partial charge < -0.3 is 20.1 Å². The van der Waals surface area contributed by atoms with Crippen molar-refractivity contribution in [2.45, 2.75) is 44.4 Å². The van der Waals surface area contributed by atoms with Gasteiger partial charge in [-0.05, 0) is 38.1 Å². The Morgan fingerprint density at radius 1 is 1.46 bits per heavy atom. The number of rotatable bonds is 6. The topological polar surface area (TPSA) is 58.1 Å². The molecule has 2 saturated heterocycles. The Kier molecular flexibility index (Phi) is 6.92. The molecule has 26 heavy (non-hydrogen) atoms. The van der Waals surface area contributed by atoms with E-state index in [-0.39, 0.29) is 11.7 Å². The molecule has 2 aliphatic rings. The zero-order chi connectivity index (χ0) is 18.4. The van der Waals surface area contributed by atoms with E-state index in [1.54, 1.807) is 0 Å². The maximum Gasteiger partial charge on any atom is 0.191 e. The largest absolute Gasteiger partial charge is 0.376 e. The van der Waals surface area contributed by atoms with Crippen LogP contribution in [0, 0.1) is 0 Å². The summed E-state index contributed by atoms with van der Waals surface area (Å²) >= 11 is 1.82. The number of nitrogens with zero attached hydrogens (tertiary/aromatic N) is 2. The first kappa shape index (κ1) is 19.6. The molecule has 3 unspecified atom stereocenters. The van der Waals surface area contributed by atoms with E-state index < -0.39 is 0 Å². The van der Waals surface area contributed by atoms with Crippen molar-refractivity contribution in [1.82, 2.24) is 15.5 Å². The van der Waals surface area contributed by atoms with Crippen LogP contribution < -0.4 is 10.6 Å². The van der Waals surface area contributed by atoms with Crippen LogP contribution in [0.1, 0.15) is 37.6 Å². The summed E-state index contributed by atoms with van der Waals surface area (Å²) in [6.45, 7) is 9.51. The van der Waals surface area contributed by atoms with Crippen LogP contribution in [0.5, 0.6) is 0 Å². The molecule has 0 spiro atoms. The number of nitrogens with one attached hydrogen (secondary N) is 2. The van der Waals surface area contributed by atoms with Crippen LogP contribution in [0.15, 0.2) is 22.5 Å². The van der Waals surface area contributed by atoms with Crippen LogP contribution in [0.25, 0.3) is 0 Å². The van der Waals surface area contributed by atoms with Crippen molar-refractivity contribution in [3.8, 4) is 0 Å². The molecule has 146 valence electrons. The van der Waals surface area contributed by atoms with Gasteiger partial charge >= 0.3 is 0 Å². The lowest BCUT2D eigenvalue weighted by molar-refractivity contribution is -0.0334. The molecule has 7 heteroatoms. The number of ether oxygens (including phenoxy) is 2. The highest BCUT2D eigenvalue weighted by molar-refractivity contribution is 7.10. The molecule has 0 aliphatic carbocycles.